The molecule has 0 atom stereocenters. The number of primary sulfonamides is 1. The van der Waals surface area contributed by atoms with Crippen LogP contribution in [0.15, 0.2) is 18.2 Å². The molecular weight excluding hydrogens is 315 g/mol. The minimum absolute atomic E-state index is 0.0302. The molecule has 1 aliphatic carbocycles. The Labute approximate surface area is 127 Å². The number of sulfonamides is 1. The van der Waals surface area contributed by atoms with E-state index in [1.165, 1.54) is 0 Å². The topological polar surface area (TPSA) is 113 Å². The number of rotatable bonds is 5. The van der Waals surface area contributed by atoms with Crippen LogP contribution in [-0.4, -0.2) is 25.2 Å². The number of nitrogens with zero attached hydrogens (tertiary/aromatic N) is 1. The maximum Gasteiger partial charge on any atom is 0.311 e. The summed E-state index contributed by atoms with van der Waals surface area (Å²) in [5, 5.41) is 15.9. The van der Waals surface area contributed by atoms with Crippen LogP contribution in [0.5, 0.6) is 5.75 Å². The number of hydrogen-bond acceptors (Lipinski definition) is 5. The van der Waals surface area contributed by atoms with Gasteiger partial charge in [0.25, 0.3) is 0 Å². The van der Waals surface area contributed by atoms with E-state index >= 15 is 0 Å². The van der Waals surface area contributed by atoms with Gasteiger partial charge < -0.3 is 4.74 Å². The van der Waals surface area contributed by atoms with Crippen LogP contribution in [0.25, 0.3) is 0 Å². The molecule has 0 spiro atoms. The molecule has 0 unspecified atom stereocenters. The van der Waals surface area contributed by atoms with Gasteiger partial charge in [-0.15, -0.1) is 0 Å². The Hall–Kier alpha value is -1.74. The smallest absolute Gasteiger partial charge is 0.311 e. The Morgan fingerprint density at radius 1 is 1.32 bits per heavy atom. The molecule has 2 N–H and O–H groups in total. The van der Waals surface area contributed by atoms with Crippen molar-refractivity contribution < 1.29 is 22.5 Å². The van der Waals surface area contributed by atoms with Crippen molar-refractivity contribution in [1.29, 1.82) is 0 Å². The first-order valence-electron chi connectivity index (χ1n) is 6.85. The fourth-order valence-electron chi connectivity index (χ4n) is 2.66. The van der Waals surface area contributed by atoms with Gasteiger partial charge in [0.05, 0.1) is 16.8 Å². The molecular formula is C13H17FN2O5S. The van der Waals surface area contributed by atoms with Gasteiger partial charge in [0, 0.05) is 12.1 Å². The summed E-state index contributed by atoms with van der Waals surface area (Å²) in [6.07, 6.45) is 2.01. The van der Waals surface area contributed by atoms with E-state index in [2.05, 4.69) is 0 Å². The van der Waals surface area contributed by atoms with E-state index in [0.29, 0.717) is 25.7 Å². The molecule has 0 aliphatic heterocycles. The van der Waals surface area contributed by atoms with Crippen LogP contribution < -0.4 is 9.88 Å². The number of nitro groups is 1. The summed E-state index contributed by atoms with van der Waals surface area (Å²) < 4.78 is 40.9. The second-order valence-corrected chi connectivity index (χ2v) is 7.12. The van der Waals surface area contributed by atoms with Gasteiger partial charge in [-0.25, -0.2) is 17.9 Å². The van der Waals surface area contributed by atoms with Crippen LogP contribution in [-0.2, 0) is 10.0 Å². The Morgan fingerprint density at radius 2 is 1.95 bits per heavy atom. The minimum atomic E-state index is -3.50. The number of hydrogen-bond donors (Lipinski definition) is 1. The highest BCUT2D eigenvalue weighted by molar-refractivity contribution is 7.89. The zero-order valence-electron chi connectivity index (χ0n) is 11.8. The summed E-state index contributed by atoms with van der Waals surface area (Å²) in [4.78, 5) is 10.3. The summed E-state index contributed by atoms with van der Waals surface area (Å²) in [7, 11) is -3.50. The highest BCUT2D eigenvalue weighted by Crippen LogP contribution is 2.33. The first-order valence-corrected chi connectivity index (χ1v) is 8.57. The van der Waals surface area contributed by atoms with Gasteiger partial charge >= 0.3 is 5.69 Å². The molecule has 0 saturated heterocycles. The molecule has 122 valence electrons. The minimum Gasteiger partial charge on any atom is -0.483 e. The molecule has 0 bridgehead atoms. The van der Waals surface area contributed by atoms with Crippen molar-refractivity contribution >= 4 is 15.7 Å². The highest BCUT2D eigenvalue weighted by Gasteiger charge is 2.27. The third-order valence-electron chi connectivity index (χ3n) is 3.67. The van der Waals surface area contributed by atoms with Crippen molar-refractivity contribution in [2.75, 3.05) is 5.75 Å². The second-order valence-electron chi connectivity index (χ2n) is 5.46. The Kier molecular flexibility index (Phi) is 4.97. The monoisotopic (exact) mass is 332 g/mol. The third kappa shape index (κ3) is 4.63. The summed E-state index contributed by atoms with van der Waals surface area (Å²) in [5.74, 6) is -0.805. The summed E-state index contributed by atoms with van der Waals surface area (Å²) in [5.41, 5.74) is -0.284. The van der Waals surface area contributed by atoms with Crippen molar-refractivity contribution in [1.82, 2.24) is 0 Å². The second kappa shape index (κ2) is 6.57. The SMILES string of the molecule is NS(=O)(=O)C[C@H]1CC[C@H](Oc2cc(F)ccc2[N+](=O)[O-])CC1. The predicted octanol–water partition coefficient (Wildman–Crippen LogP) is 1.96. The molecule has 1 fully saturated rings. The molecule has 1 saturated carbocycles. The Bertz CT molecular complexity index is 656. The summed E-state index contributed by atoms with van der Waals surface area (Å²) >= 11 is 0. The molecule has 1 aliphatic rings. The predicted molar refractivity (Wildman–Crippen MR) is 77.4 cm³/mol. The molecule has 9 heteroatoms. The van der Waals surface area contributed by atoms with Crippen LogP contribution in [0.4, 0.5) is 10.1 Å². The lowest BCUT2D eigenvalue weighted by molar-refractivity contribution is -0.386. The first-order chi connectivity index (χ1) is 10.2. The van der Waals surface area contributed by atoms with Crippen LogP contribution >= 0.6 is 0 Å². The lowest BCUT2D eigenvalue weighted by atomic mass is 9.89. The van der Waals surface area contributed by atoms with Gasteiger partial charge in [-0.1, -0.05) is 0 Å². The molecule has 0 aromatic heterocycles. The number of nitrogens with two attached hydrogens (primary N) is 1. The van der Waals surface area contributed by atoms with Gasteiger partial charge in [-0.3, -0.25) is 10.1 Å². The molecule has 1 aromatic carbocycles. The molecule has 2 rings (SSSR count). The first kappa shape index (κ1) is 16.6. The lowest BCUT2D eigenvalue weighted by Crippen LogP contribution is -2.30. The molecule has 22 heavy (non-hydrogen) atoms. The summed E-state index contributed by atoms with van der Waals surface area (Å²) in [6, 6.07) is 3.07. The van der Waals surface area contributed by atoms with Crippen LogP contribution in [0.1, 0.15) is 25.7 Å². The van der Waals surface area contributed by atoms with E-state index in [9.17, 15) is 22.9 Å². The average Bonchev–Trinajstić information content (AvgIpc) is 2.39. The normalized spacial score (nSPS) is 22.3. The maximum absolute atomic E-state index is 13.2. The van der Waals surface area contributed by atoms with E-state index in [4.69, 9.17) is 9.88 Å². The van der Waals surface area contributed by atoms with Crippen molar-refractivity contribution in [3.63, 3.8) is 0 Å². The van der Waals surface area contributed by atoms with E-state index in [1.807, 2.05) is 0 Å². The van der Waals surface area contributed by atoms with Crippen molar-refractivity contribution in [3.05, 3.63) is 34.1 Å². The molecule has 0 amide bonds. The molecule has 1 aromatic rings. The van der Waals surface area contributed by atoms with Gasteiger partial charge in [0.1, 0.15) is 5.82 Å². The van der Waals surface area contributed by atoms with Gasteiger partial charge in [0.2, 0.25) is 10.0 Å². The lowest BCUT2D eigenvalue weighted by Gasteiger charge is -2.28. The third-order valence-corrected chi connectivity index (χ3v) is 4.61. The van der Waals surface area contributed by atoms with Gasteiger partial charge in [0.15, 0.2) is 5.75 Å². The quantitative estimate of drug-likeness (QED) is 0.654. The van der Waals surface area contributed by atoms with E-state index in [0.717, 1.165) is 18.2 Å². The maximum atomic E-state index is 13.2. The van der Waals surface area contributed by atoms with Gasteiger partial charge in [-0.2, -0.15) is 0 Å². The zero-order chi connectivity index (χ0) is 16.3. The number of benzene rings is 1. The summed E-state index contributed by atoms with van der Waals surface area (Å²) in [6.45, 7) is 0. The van der Waals surface area contributed by atoms with E-state index in [1.54, 1.807) is 0 Å². The fraction of sp³-hybridized carbons (Fsp3) is 0.538. The molecule has 7 nitrogen and oxygen atoms in total. The van der Waals surface area contributed by atoms with Crippen LogP contribution in [0.3, 0.4) is 0 Å². The highest BCUT2D eigenvalue weighted by atomic mass is 32.2. The molecule has 0 heterocycles. The Balaban J connectivity index is 1.99. The molecule has 0 radical (unpaired) electrons. The zero-order valence-corrected chi connectivity index (χ0v) is 12.6. The standard InChI is InChI=1S/C13H17FN2O5S/c14-10-3-6-12(16(17)18)13(7-10)21-11-4-1-9(2-5-11)8-22(15,19)20/h3,6-7,9,11H,1-2,4-5,8H2,(H2,15,19,20)/t9-,11-. The Morgan fingerprint density at radius 3 is 2.50 bits per heavy atom. The largest absolute Gasteiger partial charge is 0.483 e. The number of halogens is 1. The van der Waals surface area contributed by atoms with Crippen LogP contribution in [0.2, 0.25) is 0 Å². The van der Waals surface area contributed by atoms with E-state index in [-0.39, 0.29) is 29.2 Å². The van der Waals surface area contributed by atoms with E-state index < -0.39 is 20.8 Å². The van der Waals surface area contributed by atoms with Gasteiger partial charge in [-0.05, 0) is 37.7 Å². The van der Waals surface area contributed by atoms with Crippen molar-refractivity contribution in [2.24, 2.45) is 11.1 Å². The van der Waals surface area contributed by atoms with Crippen LogP contribution in [0, 0.1) is 21.8 Å². The fourth-order valence-corrected chi connectivity index (χ4v) is 3.65. The number of nitro benzene ring substituents is 1. The van der Waals surface area contributed by atoms with Crippen molar-refractivity contribution in [2.45, 2.75) is 31.8 Å². The van der Waals surface area contributed by atoms with Crippen molar-refractivity contribution in [3.8, 4) is 5.75 Å². The average molecular weight is 332 g/mol. The number of ether oxygens (including phenoxy) is 1.